The lowest BCUT2D eigenvalue weighted by atomic mass is 10.1. The minimum Gasteiger partial charge on any atom is -0.380 e. The maximum atomic E-state index is 13.1. The van der Waals surface area contributed by atoms with Gasteiger partial charge in [0.25, 0.3) is 0 Å². The minimum absolute atomic E-state index is 0.178. The van der Waals surface area contributed by atoms with Crippen molar-refractivity contribution in [2.75, 3.05) is 5.32 Å². The van der Waals surface area contributed by atoms with Crippen LogP contribution in [0.4, 0.5) is 10.1 Å². The molecule has 0 radical (unpaired) electrons. The fraction of sp³-hybridized carbons (Fsp3) is 0.143. The summed E-state index contributed by atoms with van der Waals surface area (Å²) in [7, 11) is 0. The number of anilines is 1. The second-order valence-corrected chi connectivity index (χ2v) is 5.24. The third kappa shape index (κ3) is 3.03. The number of nitrogens with one attached hydrogen (secondary N) is 1. The monoisotopic (exact) mass is 327 g/mol. The van der Waals surface area contributed by atoms with Crippen molar-refractivity contribution in [3.63, 3.8) is 0 Å². The molecule has 0 atom stereocenters. The summed E-state index contributed by atoms with van der Waals surface area (Å²) >= 11 is 9.43. The fourth-order valence-corrected chi connectivity index (χ4v) is 2.23. The van der Waals surface area contributed by atoms with Gasteiger partial charge in [0.05, 0.1) is 15.2 Å². The van der Waals surface area contributed by atoms with Crippen LogP contribution in [-0.2, 0) is 6.54 Å². The SMILES string of the molecule is Cc1cc(CNc2cccc(Cl)c2Br)ccc1F. The Balaban J connectivity index is 2.11. The van der Waals surface area contributed by atoms with Crippen molar-refractivity contribution in [3.8, 4) is 0 Å². The number of aryl methyl sites for hydroxylation is 1. The lowest BCUT2D eigenvalue weighted by molar-refractivity contribution is 0.617. The van der Waals surface area contributed by atoms with Gasteiger partial charge >= 0.3 is 0 Å². The van der Waals surface area contributed by atoms with E-state index in [9.17, 15) is 4.39 Å². The first-order chi connectivity index (χ1) is 8.58. The Morgan fingerprint density at radius 1 is 1.28 bits per heavy atom. The molecule has 94 valence electrons. The first-order valence-corrected chi connectivity index (χ1v) is 6.68. The molecule has 0 aliphatic carbocycles. The summed E-state index contributed by atoms with van der Waals surface area (Å²) < 4.78 is 14.0. The van der Waals surface area contributed by atoms with Crippen molar-refractivity contribution in [2.45, 2.75) is 13.5 Å². The molecule has 0 heterocycles. The van der Waals surface area contributed by atoms with Crippen molar-refractivity contribution in [1.29, 1.82) is 0 Å². The summed E-state index contributed by atoms with van der Waals surface area (Å²) in [5.41, 5.74) is 2.60. The van der Waals surface area contributed by atoms with Crippen molar-refractivity contribution in [2.24, 2.45) is 0 Å². The number of halogens is 3. The Bertz CT molecular complexity index is 572. The van der Waals surface area contributed by atoms with Crippen LogP contribution in [0.5, 0.6) is 0 Å². The third-order valence-electron chi connectivity index (χ3n) is 2.66. The van der Waals surface area contributed by atoms with E-state index in [2.05, 4.69) is 21.2 Å². The van der Waals surface area contributed by atoms with E-state index in [1.807, 2.05) is 24.3 Å². The van der Waals surface area contributed by atoms with Crippen LogP contribution in [0.15, 0.2) is 40.9 Å². The summed E-state index contributed by atoms with van der Waals surface area (Å²) in [6.07, 6.45) is 0. The molecule has 0 saturated heterocycles. The number of benzene rings is 2. The van der Waals surface area contributed by atoms with Crippen molar-refractivity contribution in [1.82, 2.24) is 0 Å². The molecule has 1 N–H and O–H groups in total. The van der Waals surface area contributed by atoms with E-state index in [1.165, 1.54) is 6.07 Å². The average Bonchev–Trinajstić information content (AvgIpc) is 2.35. The largest absolute Gasteiger partial charge is 0.380 e. The average molecular weight is 329 g/mol. The van der Waals surface area contributed by atoms with E-state index in [1.54, 1.807) is 13.0 Å². The van der Waals surface area contributed by atoms with Gasteiger partial charge in [0.15, 0.2) is 0 Å². The molecule has 1 nitrogen and oxygen atoms in total. The standard InChI is InChI=1S/C14H12BrClFN/c1-9-7-10(5-6-12(9)17)8-18-13-4-2-3-11(16)14(13)15/h2-7,18H,8H2,1H3. The molecule has 0 spiro atoms. The Morgan fingerprint density at radius 2 is 2.06 bits per heavy atom. The van der Waals surface area contributed by atoms with Gasteiger partial charge in [-0.05, 0) is 52.2 Å². The molecule has 18 heavy (non-hydrogen) atoms. The molecule has 0 aromatic heterocycles. The maximum absolute atomic E-state index is 13.1. The topological polar surface area (TPSA) is 12.0 Å². The van der Waals surface area contributed by atoms with E-state index < -0.39 is 0 Å². The zero-order chi connectivity index (χ0) is 13.1. The first kappa shape index (κ1) is 13.4. The van der Waals surface area contributed by atoms with Gasteiger partial charge in [0.1, 0.15) is 5.82 Å². The molecule has 0 amide bonds. The third-order valence-corrected chi connectivity index (χ3v) is 4.05. The highest BCUT2D eigenvalue weighted by atomic mass is 79.9. The minimum atomic E-state index is -0.178. The smallest absolute Gasteiger partial charge is 0.126 e. The highest BCUT2D eigenvalue weighted by Gasteiger charge is 2.04. The second-order valence-electron chi connectivity index (χ2n) is 4.04. The van der Waals surface area contributed by atoms with Gasteiger partial charge in [-0.2, -0.15) is 0 Å². The van der Waals surface area contributed by atoms with Gasteiger partial charge < -0.3 is 5.32 Å². The zero-order valence-electron chi connectivity index (χ0n) is 9.81. The van der Waals surface area contributed by atoms with Crippen LogP contribution in [0.25, 0.3) is 0 Å². The van der Waals surface area contributed by atoms with Crippen LogP contribution in [0.3, 0.4) is 0 Å². The number of hydrogen-bond acceptors (Lipinski definition) is 1. The van der Waals surface area contributed by atoms with Crippen LogP contribution in [0, 0.1) is 12.7 Å². The molecule has 2 aromatic carbocycles. The van der Waals surface area contributed by atoms with Gasteiger partial charge in [-0.3, -0.25) is 0 Å². The summed E-state index contributed by atoms with van der Waals surface area (Å²) in [5.74, 6) is -0.178. The zero-order valence-corrected chi connectivity index (χ0v) is 12.1. The quantitative estimate of drug-likeness (QED) is 0.820. The first-order valence-electron chi connectivity index (χ1n) is 5.51. The van der Waals surface area contributed by atoms with Gasteiger partial charge in [-0.25, -0.2) is 4.39 Å². The number of hydrogen-bond donors (Lipinski definition) is 1. The molecular formula is C14H12BrClFN. The molecule has 0 bridgehead atoms. The van der Waals surface area contributed by atoms with Crippen molar-refractivity contribution in [3.05, 3.63) is 62.8 Å². The highest BCUT2D eigenvalue weighted by Crippen LogP contribution is 2.30. The van der Waals surface area contributed by atoms with Crippen molar-refractivity contribution < 1.29 is 4.39 Å². The molecule has 0 fully saturated rings. The highest BCUT2D eigenvalue weighted by molar-refractivity contribution is 9.10. The van der Waals surface area contributed by atoms with E-state index in [0.29, 0.717) is 17.1 Å². The van der Waals surface area contributed by atoms with E-state index in [4.69, 9.17) is 11.6 Å². The maximum Gasteiger partial charge on any atom is 0.126 e. The molecule has 2 aromatic rings. The molecule has 4 heteroatoms. The predicted octanol–water partition coefficient (Wildman–Crippen LogP) is 5.16. The molecule has 0 aliphatic rings. The molecule has 0 aliphatic heterocycles. The molecular weight excluding hydrogens is 317 g/mol. The molecule has 0 saturated carbocycles. The lowest BCUT2D eigenvalue weighted by Crippen LogP contribution is -2.01. The van der Waals surface area contributed by atoms with Crippen LogP contribution in [0.2, 0.25) is 5.02 Å². The van der Waals surface area contributed by atoms with Crippen LogP contribution < -0.4 is 5.32 Å². The Kier molecular flexibility index (Phi) is 4.25. The molecule has 2 rings (SSSR count). The van der Waals surface area contributed by atoms with Crippen molar-refractivity contribution >= 4 is 33.2 Å². The predicted molar refractivity (Wildman–Crippen MR) is 77.6 cm³/mol. The van der Waals surface area contributed by atoms with E-state index in [0.717, 1.165) is 15.7 Å². The Hall–Kier alpha value is -1.06. The normalized spacial score (nSPS) is 10.4. The second kappa shape index (κ2) is 5.72. The van der Waals surface area contributed by atoms with Gasteiger partial charge in [-0.15, -0.1) is 0 Å². The van der Waals surface area contributed by atoms with Gasteiger partial charge in [0, 0.05) is 6.54 Å². The van der Waals surface area contributed by atoms with Gasteiger partial charge in [-0.1, -0.05) is 29.8 Å². The summed E-state index contributed by atoms with van der Waals surface area (Å²) in [4.78, 5) is 0. The fourth-order valence-electron chi connectivity index (χ4n) is 1.65. The van der Waals surface area contributed by atoms with E-state index >= 15 is 0 Å². The van der Waals surface area contributed by atoms with Crippen LogP contribution >= 0.6 is 27.5 Å². The Labute approximate surface area is 119 Å². The van der Waals surface area contributed by atoms with E-state index in [-0.39, 0.29) is 5.82 Å². The summed E-state index contributed by atoms with van der Waals surface area (Å²) in [5, 5.41) is 3.93. The summed E-state index contributed by atoms with van der Waals surface area (Å²) in [6.45, 7) is 2.38. The Morgan fingerprint density at radius 3 is 2.78 bits per heavy atom. The van der Waals surface area contributed by atoms with Crippen LogP contribution in [0.1, 0.15) is 11.1 Å². The number of rotatable bonds is 3. The van der Waals surface area contributed by atoms with Gasteiger partial charge in [0.2, 0.25) is 0 Å². The molecule has 0 unspecified atom stereocenters. The summed E-state index contributed by atoms with van der Waals surface area (Å²) in [6, 6.07) is 10.7. The lowest BCUT2D eigenvalue weighted by Gasteiger charge is -2.10. The van der Waals surface area contributed by atoms with Crippen LogP contribution in [-0.4, -0.2) is 0 Å².